The number of hydrogen-bond acceptors (Lipinski definition) is 4. The maximum atomic E-state index is 14.4. The first-order valence-corrected chi connectivity index (χ1v) is 17.0. The van der Waals surface area contributed by atoms with Gasteiger partial charge in [-0.1, -0.05) is 31.6 Å². The molecule has 2 aromatic heterocycles. The molecule has 0 spiro atoms. The van der Waals surface area contributed by atoms with Gasteiger partial charge >= 0.3 is 0 Å². The summed E-state index contributed by atoms with van der Waals surface area (Å²) < 4.78 is 60.6. The Hall–Kier alpha value is -3.37. The molecule has 2 N–H and O–H groups in total. The zero-order valence-electron chi connectivity index (χ0n) is 25.9. The maximum absolute atomic E-state index is 14.4. The van der Waals surface area contributed by atoms with Crippen molar-refractivity contribution in [3.8, 4) is 11.3 Å². The van der Waals surface area contributed by atoms with Gasteiger partial charge < -0.3 is 4.98 Å². The second-order valence-electron chi connectivity index (χ2n) is 12.4. The summed E-state index contributed by atoms with van der Waals surface area (Å²) in [7, 11) is -2.03. The van der Waals surface area contributed by atoms with Crippen LogP contribution >= 0.6 is 0 Å². The molecular formula is C34H43F2N5O2S. The summed E-state index contributed by atoms with van der Waals surface area (Å²) >= 11 is 0. The van der Waals surface area contributed by atoms with Crippen LogP contribution in [-0.2, 0) is 23.5 Å². The predicted molar refractivity (Wildman–Crippen MR) is 174 cm³/mol. The number of aromatic amines is 1. The number of aryl methyl sites for hydroxylation is 2. The van der Waals surface area contributed by atoms with Crippen LogP contribution < -0.4 is 4.72 Å². The highest BCUT2D eigenvalue weighted by Gasteiger charge is 2.31. The van der Waals surface area contributed by atoms with E-state index in [4.69, 9.17) is 4.99 Å². The Labute approximate surface area is 259 Å². The van der Waals surface area contributed by atoms with E-state index in [9.17, 15) is 17.2 Å². The fraction of sp³-hybridized carbons (Fsp3) is 0.471. The molecule has 3 heterocycles. The lowest BCUT2D eigenvalue weighted by molar-refractivity contribution is 0.0934. The third kappa shape index (κ3) is 7.46. The summed E-state index contributed by atoms with van der Waals surface area (Å²) in [5, 5.41) is 4.33. The average molecular weight is 624 g/mol. The van der Waals surface area contributed by atoms with Gasteiger partial charge in [-0.25, -0.2) is 13.1 Å². The van der Waals surface area contributed by atoms with E-state index in [1.165, 1.54) is 23.4 Å². The molecule has 236 valence electrons. The number of nitrogens with one attached hydrogen (secondary N) is 2. The predicted octanol–water partition coefficient (Wildman–Crippen LogP) is 7.79. The van der Waals surface area contributed by atoms with E-state index in [1.54, 1.807) is 17.7 Å². The molecule has 2 aromatic rings. The Morgan fingerprint density at radius 1 is 1.11 bits per heavy atom. The van der Waals surface area contributed by atoms with Gasteiger partial charge in [0.2, 0.25) is 10.0 Å². The quantitative estimate of drug-likeness (QED) is 0.322. The van der Waals surface area contributed by atoms with Crippen LogP contribution in [0.5, 0.6) is 0 Å². The monoisotopic (exact) mass is 623 g/mol. The summed E-state index contributed by atoms with van der Waals surface area (Å²) in [5.74, 6) is -2.85. The minimum Gasteiger partial charge on any atom is -0.358 e. The summed E-state index contributed by atoms with van der Waals surface area (Å²) in [6.07, 6.45) is 17.8. The highest BCUT2D eigenvalue weighted by molar-refractivity contribution is 7.93. The zero-order chi connectivity index (χ0) is 31.5. The zero-order valence-corrected chi connectivity index (χ0v) is 26.7. The molecule has 1 fully saturated rings. The van der Waals surface area contributed by atoms with E-state index >= 15 is 0 Å². The van der Waals surface area contributed by atoms with Crippen molar-refractivity contribution in [1.29, 1.82) is 0 Å². The first-order chi connectivity index (χ1) is 20.9. The van der Waals surface area contributed by atoms with E-state index in [1.807, 2.05) is 19.4 Å². The molecule has 3 aliphatic rings. The lowest BCUT2D eigenvalue weighted by Crippen LogP contribution is -2.36. The highest BCUT2D eigenvalue weighted by atomic mass is 32.2. The average Bonchev–Trinajstić information content (AvgIpc) is 3.57. The number of alkyl halides is 2. The van der Waals surface area contributed by atoms with Gasteiger partial charge in [-0.05, 0) is 100 Å². The van der Waals surface area contributed by atoms with Crippen LogP contribution in [0.25, 0.3) is 17.0 Å². The standard InChI is InChI=1S/C34H43F2N5O2S/c1-5-34(35,36)27-13-10-23(2)18-29(16-14-27)44(42,43)40-28-9-7-6-8-25(12-15-28)33-30-19-32(26-21-38-41(4)22-26)39-31(30)17-11-24(3)20-37-33/h5,14,16,18-22,24,28,39-40H,1,6-13,15,17H2,2-4H3/b23-18?,27-14?,29-16?,33-25-,37-20?. The fourth-order valence-corrected chi connectivity index (χ4v) is 7.56. The third-order valence-electron chi connectivity index (χ3n) is 8.83. The highest BCUT2D eigenvalue weighted by Crippen LogP contribution is 2.37. The molecule has 0 bridgehead atoms. The lowest BCUT2D eigenvalue weighted by Gasteiger charge is -2.24. The molecular weight excluding hydrogens is 580 g/mol. The van der Waals surface area contributed by atoms with Crippen LogP contribution in [0.2, 0.25) is 0 Å². The molecule has 0 aromatic carbocycles. The summed E-state index contributed by atoms with van der Waals surface area (Å²) in [4.78, 5) is 8.67. The van der Waals surface area contributed by atoms with Crippen molar-refractivity contribution in [3.63, 3.8) is 0 Å². The number of rotatable bonds is 6. The number of hydrogen-bond donors (Lipinski definition) is 2. The van der Waals surface area contributed by atoms with Crippen LogP contribution in [-0.4, -0.2) is 41.4 Å². The van der Waals surface area contributed by atoms with Crippen molar-refractivity contribution in [2.45, 2.75) is 90.0 Å². The molecule has 2 atom stereocenters. The Morgan fingerprint density at radius 2 is 1.93 bits per heavy atom. The second kappa shape index (κ2) is 13.3. The van der Waals surface area contributed by atoms with Gasteiger partial charge in [0.25, 0.3) is 5.92 Å². The van der Waals surface area contributed by atoms with E-state index < -0.39 is 15.9 Å². The minimum atomic E-state index is -3.93. The summed E-state index contributed by atoms with van der Waals surface area (Å²) in [5.41, 5.74) is 7.14. The molecule has 2 unspecified atom stereocenters. The Kier molecular flexibility index (Phi) is 9.70. The van der Waals surface area contributed by atoms with Gasteiger partial charge in [-0.2, -0.15) is 13.9 Å². The number of aromatic nitrogens is 3. The molecule has 1 saturated carbocycles. The van der Waals surface area contributed by atoms with Gasteiger partial charge in [0.15, 0.2) is 0 Å². The van der Waals surface area contributed by atoms with Crippen molar-refractivity contribution < 1.29 is 17.2 Å². The van der Waals surface area contributed by atoms with E-state index in [0.717, 1.165) is 60.2 Å². The number of halogens is 2. The maximum Gasteiger partial charge on any atom is 0.287 e. The molecule has 10 heteroatoms. The number of sulfonamides is 1. The summed E-state index contributed by atoms with van der Waals surface area (Å²) in [6, 6.07) is 1.90. The van der Waals surface area contributed by atoms with Gasteiger partial charge in [0.05, 0.1) is 16.8 Å². The first kappa shape index (κ1) is 32.0. The van der Waals surface area contributed by atoms with Crippen LogP contribution in [0.3, 0.4) is 0 Å². The van der Waals surface area contributed by atoms with Crippen LogP contribution in [0, 0.1) is 5.92 Å². The Balaban J connectivity index is 1.41. The number of H-pyrrole nitrogens is 1. The topological polar surface area (TPSA) is 92.1 Å². The van der Waals surface area contributed by atoms with E-state index in [2.05, 4.69) is 40.6 Å². The first-order valence-electron chi connectivity index (χ1n) is 15.5. The van der Waals surface area contributed by atoms with Crippen LogP contribution in [0.4, 0.5) is 8.78 Å². The van der Waals surface area contributed by atoms with Crippen molar-refractivity contribution in [2.24, 2.45) is 18.0 Å². The number of allylic oxidation sites excluding steroid dienone is 7. The molecule has 44 heavy (non-hydrogen) atoms. The van der Waals surface area contributed by atoms with E-state index in [0.29, 0.717) is 37.7 Å². The fourth-order valence-electron chi connectivity index (χ4n) is 6.15. The number of aliphatic imine (C=N–C) groups is 1. The molecule has 0 amide bonds. The third-order valence-corrected chi connectivity index (χ3v) is 10.3. The van der Waals surface area contributed by atoms with Crippen molar-refractivity contribution >= 4 is 21.9 Å². The van der Waals surface area contributed by atoms with Crippen molar-refractivity contribution in [1.82, 2.24) is 19.5 Å². The van der Waals surface area contributed by atoms with Gasteiger partial charge in [-0.15, -0.1) is 0 Å². The van der Waals surface area contributed by atoms with Gasteiger partial charge in [-0.3, -0.25) is 9.67 Å². The summed E-state index contributed by atoms with van der Waals surface area (Å²) in [6.45, 7) is 7.21. The number of fused-ring (bicyclic) bond motifs is 1. The molecule has 5 rings (SSSR count). The van der Waals surface area contributed by atoms with Crippen molar-refractivity contribution in [2.75, 3.05) is 0 Å². The largest absolute Gasteiger partial charge is 0.358 e. The van der Waals surface area contributed by atoms with Gasteiger partial charge in [0.1, 0.15) is 0 Å². The molecule has 0 saturated heterocycles. The number of nitrogens with zero attached hydrogens (tertiary/aromatic N) is 3. The second-order valence-corrected chi connectivity index (χ2v) is 14.1. The van der Waals surface area contributed by atoms with Crippen LogP contribution in [0.15, 0.2) is 76.0 Å². The van der Waals surface area contributed by atoms with Crippen molar-refractivity contribution in [3.05, 3.63) is 82.2 Å². The molecule has 0 radical (unpaired) electrons. The molecule has 2 aliphatic carbocycles. The smallest absolute Gasteiger partial charge is 0.287 e. The molecule has 7 nitrogen and oxygen atoms in total. The van der Waals surface area contributed by atoms with Gasteiger partial charge in [0, 0.05) is 53.6 Å². The normalized spacial score (nSPS) is 24.0. The lowest BCUT2D eigenvalue weighted by atomic mass is 9.89. The Bertz CT molecular complexity index is 1660. The molecule has 1 aliphatic heterocycles. The van der Waals surface area contributed by atoms with Crippen LogP contribution in [0.1, 0.15) is 82.9 Å². The van der Waals surface area contributed by atoms with E-state index in [-0.39, 0.29) is 22.9 Å². The minimum absolute atomic E-state index is 0.00574. The Morgan fingerprint density at radius 3 is 2.68 bits per heavy atom. The SMILES string of the molecule is C=CC(F)(F)C1=CC=C(S(=O)(=O)NC2CCCC/C(=C3/N=CC(C)CCc4[nH]c(-c5cnn(C)c5)cc43)CC2)C=C(C)CC1.